The number of nitrogens with zero attached hydrogens (tertiary/aromatic N) is 1. The summed E-state index contributed by atoms with van der Waals surface area (Å²) in [5.41, 5.74) is 1.38. The smallest absolute Gasteiger partial charge is 0.255 e. The molecule has 0 bridgehead atoms. The van der Waals surface area contributed by atoms with Crippen LogP contribution >= 0.6 is 23.4 Å². The predicted octanol–water partition coefficient (Wildman–Crippen LogP) is 4.35. The van der Waals surface area contributed by atoms with Crippen molar-refractivity contribution in [3.63, 3.8) is 0 Å². The van der Waals surface area contributed by atoms with Gasteiger partial charge in [-0.15, -0.1) is 11.8 Å². The van der Waals surface area contributed by atoms with Crippen molar-refractivity contribution in [3.8, 4) is 5.75 Å². The molecule has 1 aliphatic heterocycles. The van der Waals surface area contributed by atoms with Crippen LogP contribution < -0.4 is 9.46 Å². The van der Waals surface area contributed by atoms with E-state index in [9.17, 15) is 13.2 Å². The fraction of sp³-hybridized carbons (Fsp3) is 0.409. The number of piperidine rings is 1. The lowest BCUT2D eigenvalue weighted by atomic mass is 10.1. The number of aryl methyl sites for hydroxylation is 1. The lowest BCUT2D eigenvalue weighted by Gasteiger charge is -2.27. The number of hydrogen-bond donors (Lipinski definition) is 1. The molecule has 1 saturated heterocycles. The maximum absolute atomic E-state index is 13.0. The lowest BCUT2D eigenvalue weighted by Crippen LogP contribution is -2.36. The monoisotopic (exact) mass is 482 g/mol. The van der Waals surface area contributed by atoms with Crippen LogP contribution in [0.2, 0.25) is 5.02 Å². The average molecular weight is 483 g/mol. The molecule has 2 aromatic rings. The van der Waals surface area contributed by atoms with Crippen molar-refractivity contribution in [2.24, 2.45) is 0 Å². The topological polar surface area (TPSA) is 75.7 Å². The Morgan fingerprint density at radius 3 is 2.58 bits per heavy atom. The molecule has 0 radical (unpaired) electrons. The van der Waals surface area contributed by atoms with Crippen LogP contribution in [-0.4, -0.2) is 51.7 Å². The Hall–Kier alpha value is -1.74. The van der Waals surface area contributed by atoms with Crippen LogP contribution in [-0.2, 0) is 10.0 Å². The van der Waals surface area contributed by atoms with Gasteiger partial charge >= 0.3 is 0 Å². The van der Waals surface area contributed by atoms with E-state index < -0.39 is 10.0 Å². The number of carbonyl (C=O) groups is 1. The first-order valence-corrected chi connectivity index (χ1v) is 13.3. The van der Waals surface area contributed by atoms with E-state index in [1.165, 1.54) is 23.9 Å². The molecular weight excluding hydrogens is 456 g/mol. The van der Waals surface area contributed by atoms with Gasteiger partial charge in [-0.05, 0) is 68.3 Å². The molecule has 1 heterocycles. The van der Waals surface area contributed by atoms with Crippen molar-refractivity contribution in [3.05, 3.63) is 52.5 Å². The largest absolute Gasteiger partial charge is 0.492 e. The number of rotatable bonds is 8. The van der Waals surface area contributed by atoms with Crippen molar-refractivity contribution in [1.82, 2.24) is 9.62 Å². The van der Waals surface area contributed by atoms with E-state index in [1.54, 1.807) is 18.2 Å². The SMILES string of the molecule is CSc1ccc(S(=O)(=O)NCCOc2ccc(C)c(Cl)c2)cc1C(=O)N1CCCCC1. The van der Waals surface area contributed by atoms with Crippen molar-refractivity contribution >= 4 is 39.3 Å². The molecule has 168 valence electrons. The first-order chi connectivity index (χ1) is 14.8. The van der Waals surface area contributed by atoms with Gasteiger partial charge < -0.3 is 9.64 Å². The van der Waals surface area contributed by atoms with E-state index in [1.807, 2.05) is 24.1 Å². The van der Waals surface area contributed by atoms with Gasteiger partial charge in [-0.3, -0.25) is 4.79 Å². The first kappa shape index (κ1) is 23.9. The van der Waals surface area contributed by atoms with Crippen LogP contribution in [0.3, 0.4) is 0 Å². The van der Waals surface area contributed by atoms with Crippen molar-refractivity contribution in [2.75, 3.05) is 32.5 Å². The van der Waals surface area contributed by atoms with Crippen LogP contribution in [0.4, 0.5) is 0 Å². The van der Waals surface area contributed by atoms with Gasteiger partial charge in [0.25, 0.3) is 5.91 Å². The minimum Gasteiger partial charge on any atom is -0.492 e. The molecule has 9 heteroatoms. The van der Waals surface area contributed by atoms with E-state index in [4.69, 9.17) is 16.3 Å². The van der Waals surface area contributed by atoms with Gasteiger partial charge in [-0.2, -0.15) is 0 Å². The normalized spacial score (nSPS) is 14.5. The van der Waals surface area contributed by atoms with Gasteiger partial charge in [0, 0.05) is 29.6 Å². The highest BCUT2D eigenvalue weighted by Crippen LogP contribution is 2.26. The van der Waals surface area contributed by atoms with Gasteiger partial charge in [0.15, 0.2) is 0 Å². The lowest BCUT2D eigenvalue weighted by molar-refractivity contribution is 0.0720. The van der Waals surface area contributed by atoms with Crippen LogP contribution in [0.25, 0.3) is 0 Å². The van der Waals surface area contributed by atoms with Crippen LogP contribution in [0.15, 0.2) is 46.2 Å². The van der Waals surface area contributed by atoms with Gasteiger partial charge in [0.05, 0.1) is 10.5 Å². The molecule has 2 aromatic carbocycles. The summed E-state index contributed by atoms with van der Waals surface area (Å²) in [5, 5.41) is 0.595. The maximum atomic E-state index is 13.0. The number of ether oxygens (including phenoxy) is 1. The summed E-state index contributed by atoms with van der Waals surface area (Å²) >= 11 is 7.51. The van der Waals surface area contributed by atoms with Crippen LogP contribution in [0.1, 0.15) is 35.2 Å². The molecule has 6 nitrogen and oxygen atoms in total. The highest BCUT2D eigenvalue weighted by molar-refractivity contribution is 7.98. The number of carbonyl (C=O) groups excluding carboxylic acids is 1. The number of nitrogens with one attached hydrogen (secondary N) is 1. The fourth-order valence-corrected chi connectivity index (χ4v) is 5.16. The fourth-order valence-electron chi connectivity index (χ4n) is 3.38. The van der Waals surface area contributed by atoms with Gasteiger partial charge in [0.2, 0.25) is 10.0 Å². The van der Waals surface area contributed by atoms with Gasteiger partial charge in [-0.1, -0.05) is 17.7 Å². The zero-order valence-corrected chi connectivity index (χ0v) is 20.1. The zero-order chi connectivity index (χ0) is 22.4. The molecule has 0 spiro atoms. The Bertz CT molecular complexity index is 1040. The highest BCUT2D eigenvalue weighted by atomic mass is 35.5. The second kappa shape index (κ2) is 10.7. The average Bonchev–Trinajstić information content (AvgIpc) is 2.78. The number of sulfonamides is 1. The van der Waals surface area contributed by atoms with E-state index in [2.05, 4.69) is 4.72 Å². The quantitative estimate of drug-likeness (QED) is 0.447. The molecule has 0 aliphatic carbocycles. The zero-order valence-electron chi connectivity index (χ0n) is 17.7. The number of halogens is 1. The third-order valence-electron chi connectivity index (χ3n) is 5.16. The summed E-state index contributed by atoms with van der Waals surface area (Å²) in [5.74, 6) is 0.467. The molecule has 1 N–H and O–H groups in total. The number of amides is 1. The van der Waals surface area contributed by atoms with E-state index in [-0.39, 0.29) is 24.0 Å². The van der Waals surface area contributed by atoms with E-state index in [0.717, 1.165) is 29.7 Å². The summed E-state index contributed by atoms with van der Waals surface area (Å²) in [4.78, 5) is 15.6. The molecule has 0 unspecified atom stereocenters. The Labute approximate surface area is 193 Å². The minimum atomic E-state index is -3.78. The number of hydrogen-bond acceptors (Lipinski definition) is 5. The second-order valence-electron chi connectivity index (χ2n) is 7.37. The standard InChI is InChI=1S/C22H27ClN2O4S2/c1-16-6-7-17(14-20(16)23)29-13-10-24-31(27,28)18-8-9-21(30-2)19(15-18)22(26)25-11-4-3-5-12-25/h6-9,14-15,24H,3-5,10-13H2,1-2H3. The Kier molecular flexibility index (Phi) is 8.27. The van der Waals surface area contributed by atoms with E-state index >= 15 is 0 Å². The molecule has 1 aliphatic rings. The summed E-state index contributed by atoms with van der Waals surface area (Å²) < 4.78 is 33.7. The molecule has 3 rings (SSSR count). The summed E-state index contributed by atoms with van der Waals surface area (Å²) in [6.07, 6.45) is 4.95. The molecular formula is C22H27ClN2O4S2. The Morgan fingerprint density at radius 1 is 1.16 bits per heavy atom. The van der Waals surface area contributed by atoms with Crippen molar-refractivity contribution < 1.29 is 17.9 Å². The number of thioether (sulfide) groups is 1. The summed E-state index contributed by atoms with van der Waals surface area (Å²) in [7, 11) is -3.78. The highest BCUT2D eigenvalue weighted by Gasteiger charge is 2.23. The molecule has 0 saturated carbocycles. The number of likely N-dealkylation sites (tertiary alicyclic amines) is 1. The summed E-state index contributed by atoms with van der Waals surface area (Å²) in [6.45, 7) is 3.56. The second-order valence-corrected chi connectivity index (χ2v) is 10.4. The predicted molar refractivity (Wildman–Crippen MR) is 125 cm³/mol. The van der Waals surface area contributed by atoms with Crippen LogP contribution in [0, 0.1) is 6.92 Å². The van der Waals surface area contributed by atoms with Crippen LogP contribution in [0.5, 0.6) is 5.75 Å². The summed E-state index contributed by atoms with van der Waals surface area (Å²) in [6, 6.07) is 10.0. The third-order valence-corrected chi connectivity index (χ3v) is 7.82. The van der Waals surface area contributed by atoms with Gasteiger partial charge in [-0.25, -0.2) is 13.1 Å². The Balaban J connectivity index is 1.67. The van der Waals surface area contributed by atoms with E-state index in [0.29, 0.717) is 29.4 Å². The maximum Gasteiger partial charge on any atom is 0.255 e. The Morgan fingerprint density at radius 2 is 1.90 bits per heavy atom. The molecule has 1 fully saturated rings. The molecule has 31 heavy (non-hydrogen) atoms. The van der Waals surface area contributed by atoms with Crippen molar-refractivity contribution in [1.29, 1.82) is 0 Å². The number of benzene rings is 2. The minimum absolute atomic E-state index is 0.0732. The molecule has 0 aromatic heterocycles. The molecule has 0 atom stereocenters. The first-order valence-electron chi connectivity index (χ1n) is 10.2. The molecule has 1 amide bonds. The van der Waals surface area contributed by atoms with Crippen molar-refractivity contribution in [2.45, 2.75) is 36.0 Å². The third kappa shape index (κ3) is 6.16. The van der Waals surface area contributed by atoms with Gasteiger partial charge in [0.1, 0.15) is 12.4 Å².